The summed E-state index contributed by atoms with van der Waals surface area (Å²) in [5, 5.41) is 10.3. The van der Waals surface area contributed by atoms with Crippen molar-refractivity contribution in [2.24, 2.45) is 10.9 Å². The summed E-state index contributed by atoms with van der Waals surface area (Å²) in [6.45, 7) is 10.4. The molecular formula is C12H23N5O. The number of hydrogen-bond acceptors (Lipinski definition) is 4. The van der Waals surface area contributed by atoms with E-state index in [-0.39, 0.29) is 0 Å². The Hall–Kier alpha value is -1.59. The molecule has 1 rings (SSSR count). The summed E-state index contributed by atoms with van der Waals surface area (Å²) in [6.07, 6.45) is 1.12. The van der Waals surface area contributed by atoms with Gasteiger partial charge in [0.25, 0.3) is 0 Å². The molecule has 0 atom stereocenters. The highest BCUT2D eigenvalue weighted by molar-refractivity contribution is 5.79. The first-order valence-corrected chi connectivity index (χ1v) is 6.43. The topological polar surface area (TPSA) is 75.3 Å². The lowest BCUT2D eigenvalue weighted by atomic mass is 10.1. The normalized spacial score (nSPS) is 11.9. The van der Waals surface area contributed by atoms with Crippen LogP contribution in [0.5, 0.6) is 0 Å². The predicted octanol–water partition coefficient (Wildman–Crippen LogP) is 1.48. The maximum atomic E-state index is 4.90. The first kappa shape index (κ1) is 14.5. The molecule has 6 nitrogen and oxygen atoms in total. The zero-order chi connectivity index (χ0) is 13.4. The Morgan fingerprint density at radius 1 is 1.39 bits per heavy atom. The van der Waals surface area contributed by atoms with Crippen LogP contribution in [0.4, 0.5) is 0 Å². The Morgan fingerprint density at radius 2 is 2.17 bits per heavy atom. The van der Waals surface area contributed by atoms with Crippen LogP contribution >= 0.6 is 0 Å². The Bertz CT molecular complexity index is 372. The molecule has 0 aliphatic rings. The number of aryl methyl sites for hydroxylation is 1. The number of nitrogens with one attached hydrogen (secondary N) is 2. The van der Waals surface area contributed by atoms with Crippen molar-refractivity contribution in [1.82, 2.24) is 20.8 Å². The fraction of sp³-hybridized carbons (Fsp3) is 0.750. The number of aliphatic imine (C=N–C) groups is 1. The minimum absolute atomic E-state index is 0.425. The second-order valence-corrected chi connectivity index (χ2v) is 4.53. The number of aromatic nitrogens is 2. The Balaban J connectivity index is 2.44. The zero-order valence-corrected chi connectivity index (χ0v) is 11.7. The van der Waals surface area contributed by atoms with E-state index >= 15 is 0 Å². The first-order chi connectivity index (χ1) is 8.61. The highest BCUT2D eigenvalue weighted by atomic mass is 16.5. The van der Waals surface area contributed by atoms with Crippen molar-refractivity contribution in [2.75, 3.05) is 13.1 Å². The average Bonchev–Trinajstić information content (AvgIpc) is 2.71. The molecule has 0 saturated carbocycles. The maximum Gasteiger partial charge on any atom is 0.223 e. The second-order valence-electron chi connectivity index (χ2n) is 4.53. The lowest BCUT2D eigenvalue weighted by molar-refractivity contribution is 0.387. The van der Waals surface area contributed by atoms with Crippen molar-refractivity contribution in [3.8, 4) is 0 Å². The van der Waals surface area contributed by atoms with Gasteiger partial charge in [-0.25, -0.2) is 4.99 Å². The third-order valence-corrected chi connectivity index (χ3v) is 2.31. The summed E-state index contributed by atoms with van der Waals surface area (Å²) < 4.78 is 4.90. The van der Waals surface area contributed by atoms with Gasteiger partial charge in [-0.2, -0.15) is 4.98 Å². The molecule has 0 amide bonds. The molecule has 0 aliphatic heterocycles. The van der Waals surface area contributed by atoms with E-state index in [2.05, 4.69) is 39.6 Å². The van der Waals surface area contributed by atoms with Crippen molar-refractivity contribution in [1.29, 1.82) is 0 Å². The van der Waals surface area contributed by atoms with Crippen molar-refractivity contribution >= 4 is 5.96 Å². The minimum atomic E-state index is 0.425. The van der Waals surface area contributed by atoms with Gasteiger partial charge >= 0.3 is 0 Å². The fourth-order valence-corrected chi connectivity index (χ4v) is 1.38. The van der Waals surface area contributed by atoms with Gasteiger partial charge in [0, 0.05) is 20.0 Å². The van der Waals surface area contributed by atoms with Gasteiger partial charge in [-0.15, -0.1) is 0 Å². The predicted molar refractivity (Wildman–Crippen MR) is 71.3 cm³/mol. The van der Waals surface area contributed by atoms with Crippen LogP contribution in [-0.2, 0) is 6.54 Å². The van der Waals surface area contributed by atoms with Gasteiger partial charge in [0.05, 0.1) is 0 Å². The molecule has 1 aromatic heterocycles. The summed E-state index contributed by atoms with van der Waals surface area (Å²) >= 11 is 0. The molecule has 0 saturated heterocycles. The summed E-state index contributed by atoms with van der Waals surface area (Å²) in [5.74, 6) is 2.65. The highest BCUT2D eigenvalue weighted by Crippen LogP contribution is 1.98. The van der Waals surface area contributed by atoms with E-state index in [1.165, 1.54) is 0 Å². The quantitative estimate of drug-likeness (QED) is 0.593. The Morgan fingerprint density at radius 3 is 2.72 bits per heavy atom. The van der Waals surface area contributed by atoms with E-state index in [1.54, 1.807) is 6.92 Å². The average molecular weight is 253 g/mol. The van der Waals surface area contributed by atoms with E-state index in [0.717, 1.165) is 25.5 Å². The minimum Gasteiger partial charge on any atom is -0.357 e. The van der Waals surface area contributed by atoms with Crippen LogP contribution in [0.3, 0.4) is 0 Å². The summed E-state index contributed by atoms with van der Waals surface area (Å²) in [6, 6.07) is 0. The van der Waals surface area contributed by atoms with Gasteiger partial charge in [-0.05, 0) is 19.3 Å². The van der Waals surface area contributed by atoms with Gasteiger partial charge < -0.3 is 15.2 Å². The van der Waals surface area contributed by atoms with Crippen LogP contribution in [0.2, 0.25) is 0 Å². The van der Waals surface area contributed by atoms with Gasteiger partial charge in [0.2, 0.25) is 5.89 Å². The molecule has 2 N–H and O–H groups in total. The number of nitrogens with zero attached hydrogens (tertiary/aromatic N) is 3. The van der Waals surface area contributed by atoms with E-state index in [1.807, 2.05) is 6.92 Å². The summed E-state index contributed by atoms with van der Waals surface area (Å²) in [7, 11) is 0. The van der Waals surface area contributed by atoms with E-state index in [4.69, 9.17) is 4.52 Å². The number of guanidine groups is 1. The standard InChI is InChI=1S/C12H23N5O/c1-5-13-12(14-7-6-9(2)3)15-8-11-16-10(4)18-17-11/h9H,5-8H2,1-4H3,(H2,13,14,15). The Labute approximate surface area is 108 Å². The summed E-state index contributed by atoms with van der Waals surface area (Å²) in [4.78, 5) is 8.51. The van der Waals surface area contributed by atoms with Crippen LogP contribution in [-0.4, -0.2) is 29.2 Å². The molecule has 0 radical (unpaired) electrons. The third-order valence-electron chi connectivity index (χ3n) is 2.31. The van der Waals surface area contributed by atoms with E-state index in [0.29, 0.717) is 24.2 Å². The highest BCUT2D eigenvalue weighted by Gasteiger charge is 2.02. The van der Waals surface area contributed by atoms with Crippen LogP contribution < -0.4 is 10.6 Å². The molecule has 6 heteroatoms. The molecule has 18 heavy (non-hydrogen) atoms. The van der Waals surface area contributed by atoms with Crippen molar-refractivity contribution in [3.05, 3.63) is 11.7 Å². The van der Waals surface area contributed by atoms with Crippen molar-refractivity contribution in [3.63, 3.8) is 0 Å². The van der Waals surface area contributed by atoms with Crippen LogP contribution in [0.25, 0.3) is 0 Å². The van der Waals surface area contributed by atoms with Crippen LogP contribution in [0.1, 0.15) is 38.9 Å². The van der Waals surface area contributed by atoms with Crippen LogP contribution in [0, 0.1) is 12.8 Å². The molecular weight excluding hydrogens is 230 g/mol. The van der Waals surface area contributed by atoms with Crippen molar-refractivity contribution < 1.29 is 4.52 Å². The molecule has 0 unspecified atom stereocenters. The second kappa shape index (κ2) is 7.68. The number of rotatable bonds is 6. The van der Waals surface area contributed by atoms with Gasteiger partial charge in [0.15, 0.2) is 11.8 Å². The molecule has 0 aromatic carbocycles. The molecule has 1 heterocycles. The number of hydrogen-bond donors (Lipinski definition) is 2. The van der Waals surface area contributed by atoms with E-state index < -0.39 is 0 Å². The van der Waals surface area contributed by atoms with Gasteiger partial charge in [0.1, 0.15) is 6.54 Å². The molecule has 0 bridgehead atoms. The third kappa shape index (κ3) is 5.65. The maximum absolute atomic E-state index is 4.90. The van der Waals surface area contributed by atoms with E-state index in [9.17, 15) is 0 Å². The van der Waals surface area contributed by atoms with Crippen LogP contribution in [0.15, 0.2) is 9.52 Å². The summed E-state index contributed by atoms with van der Waals surface area (Å²) in [5.41, 5.74) is 0. The molecule has 1 aromatic rings. The van der Waals surface area contributed by atoms with Crippen molar-refractivity contribution in [2.45, 2.75) is 40.7 Å². The molecule has 0 fully saturated rings. The fourth-order valence-electron chi connectivity index (χ4n) is 1.38. The molecule has 102 valence electrons. The lowest BCUT2D eigenvalue weighted by Gasteiger charge is -2.11. The van der Waals surface area contributed by atoms with Gasteiger partial charge in [-0.1, -0.05) is 19.0 Å². The molecule has 0 aliphatic carbocycles. The first-order valence-electron chi connectivity index (χ1n) is 6.43. The largest absolute Gasteiger partial charge is 0.357 e. The zero-order valence-electron chi connectivity index (χ0n) is 11.7. The smallest absolute Gasteiger partial charge is 0.223 e. The lowest BCUT2D eigenvalue weighted by Crippen LogP contribution is -2.38. The van der Waals surface area contributed by atoms with Gasteiger partial charge in [-0.3, -0.25) is 0 Å². The SMILES string of the molecule is CCNC(=NCc1noc(C)n1)NCCC(C)C. The molecule has 0 spiro atoms. The monoisotopic (exact) mass is 253 g/mol. The Kier molecular flexibility index (Phi) is 6.18.